The Labute approximate surface area is 139 Å². The van der Waals surface area contributed by atoms with Gasteiger partial charge in [0.25, 0.3) is 0 Å². The smallest absolute Gasteiger partial charge is 0.223 e. The van der Waals surface area contributed by atoms with Crippen LogP contribution in [0.15, 0.2) is 16.5 Å². The third-order valence-corrected chi connectivity index (χ3v) is 5.57. The Hall–Kier alpha value is -1.30. The fraction of sp³-hybridized carbons (Fsp3) is 0.706. The number of amides is 1. The van der Waals surface area contributed by atoms with E-state index in [1.165, 1.54) is 12.7 Å². The van der Waals surface area contributed by atoms with Crippen molar-refractivity contribution in [2.45, 2.75) is 52.0 Å². The molecule has 3 unspecified atom stereocenters. The zero-order valence-electron chi connectivity index (χ0n) is 14.4. The average molecular weight is 341 g/mol. The first-order chi connectivity index (χ1) is 10.7. The molecule has 23 heavy (non-hydrogen) atoms. The Kier molecular flexibility index (Phi) is 5.55. The minimum Gasteiger partial charge on any atom is -0.466 e. The number of rotatable bonds is 8. The molecule has 0 N–H and O–H groups in total. The summed E-state index contributed by atoms with van der Waals surface area (Å²) < 4.78 is 28.6. The number of nitrogens with zero attached hydrogens (tertiary/aromatic N) is 1. The molecule has 1 aliphatic carbocycles. The molecule has 1 heterocycles. The van der Waals surface area contributed by atoms with E-state index in [1.54, 1.807) is 11.8 Å². The molecule has 2 rings (SSSR count). The fourth-order valence-electron chi connectivity index (χ4n) is 3.08. The molecule has 1 aliphatic rings. The molecule has 3 atom stereocenters. The first kappa shape index (κ1) is 18.0. The van der Waals surface area contributed by atoms with Gasteiger partial charge in [0.2, 0.25) is 5.91 Å². The van der Waals surface area contributed by atoms with Crippen molar-refractivity contribution in [2.75, 3.05) is 18.6 Å². The molecule has 0 saturated heterocycles. The van der Waals surface area contributed by atoms with E-state index < -0.39 is 9.84 Å². The predicted octanol–water partition coefficient (Wildman–Crippen LogP) is 2.62. The average Bonchev–Trinajstić information content (AvgIpc) is 2.98. The SMILES string of the molecule is CCN(C(=O)CCc1ccc(C2CC2C)o1)C(C)CS(C)(=O)=O. The van der Waals surface area contributed by atoms with Gasteiger partial charge in [-0.1, -0.05) is 6.92 Å². The van der Waals surface area contributed by atoms with Gasteiger partial charge in [-0.05, 0) is 38.3 Å². The van der Waals surface area contributed by atoms with Crippen LogP contribution in [0.1, 0.15) is 51.1 Å². The number of hydrogen-bond donors (Lipinski definition) is 0. The summed E-state index contributed by atoms with van der Waals surface area (Å²) in [4.78, 5) is 14.0. The maximum atomic E-state index is 12.4. The zero-order chi connectivity index (χ0) is 17.2. The van der Waals surface area contributed by atoms with Crippen molar-refractivity contribution in [1.82, 2.24) is 4.90 Å². The van der Waals surface area contributed by atoms with Crippen LogP contribution in [-0.2, 0) is 21.1 Å². The van der Waals surface area contributed by atoms with Gasteiger partial charge in [-0.2, -0.15) is 0 Å². The molecule has 0 aromatic carbocycles. The highest BCUT2D eigenvalue weighted by atomic mass is 32.2. The summed E-state index contributed by atoms with van der Waals surface area (Å²) in [5.74, 6) is 3.07. The van der Waals surface area contributed by atoms with Gasteiger partial charge in [-0.25, -0.2) is 8.42 Å². The lowest BCUT2D eigenvalue weighted by Crippen LogP contribution is -2.42. The molecule has 0 aliphatic heterocycles. The monoisotopic (exact) mass is 341 g/mol. The van der Waals surface area contributed by atoms with Gasteiger partial charge >= 0.3 is 0 Å². The predicted molar refractivity (Wildman–Crippen MR) is 90.1 cm³/mol. The Morgan fingerprint density at radius 1 is 1.43 bits per heavy atom. The van der Waals surface area contributed by atoms with E-state index in [2.05, 4.69) is 6.92 Å². The van der Waals surface area contributed by atoms with Crippen LogP contribution < -0.4 is 0 Å². The molecule has 0 radical (unpaired) electrons. The summed E-state index contributed by atoms with van der Waals surface area (Å²) in [6, 6.07) is 3.66. The lowest BCUT2D eigenvalue weighted by atomic mass is 10.2. The summed E-state index contributed by atoms with van der Waals surface area (Å²) in [6.45, 7) is 6.37. The number of hydrogen-bond acceptors (Lipinski definition) is 4. The highest BCUT2D eigenvalue weighted by Crippen LogP contribution is 2.47. The summed E-state index contributed by atoms with van der Waals surface area (Å²) >= 11 is 0. The lowest BCUT2D eigenvalue weighted by molar-refractivity contribution is -0.132. The summed E-state index contributed by atoms with van der Waals surface area (Å²) in [5, 5.41) is 0. The van der Waals surface area contributed by atoms with Crippen molar-refractivity contribution in [3.05, 3.63) is 23.7 Å². The van der Waals surface area contributed by atoms with Crippen molar-refractivity contribution in [3.63, 3.8) is 0 Å². The van der Waals surface area contributed by atoms with Crippen molar-refractivity contribution >= 4 is 15.7 Å². The zero-order valence-corrected chi connectivity index (χ0v) is 15.2. The second-order valence-corrected chi connectivity index (χ2v) is 8.93. The maximum Gasteiger partial charge on any atom is 0.223 e. The first-order valence-electron chi connectivity index (χ1n) is 8.27. The largest absolute Gasteiger partial charge is 0.466 e. The highest BCUT2D eigenvalue weighted by molar-refractivity contribution is 7.90. The minimum absolute atomic E-state index is 0.00293. The van der Waals surface area contributed by atoms with E-state index >= 15 is 0 Å². The molecule has 6 heteroatoms. The molecule has 1 fully saturated rings. The minimum atomic E-state index is -3.10. The normalized spacial score (nSPS) is 21.9. The third kappa shape index (κ3) is 5.09. The molecular weight excluding hydrogens is 314 g/mol. The second-order valence-electron chi connectivity index (χ2n) is 6.74. The van der Waals surface area contributed by atoms with Crippen LogP contribution in [-0.4, -0.2) is 43.8 Å². The van der Waals surface area contributed by atoms with Crippen LogP contribution in [0.4, 0.5) is 0 Å². The van der Waals surface area contributed by atoms with Crippen molar-refractivity contribution in [1.29, 1.82) is 0 Å². The van der Waals surface area contributed by atoms with Gasteiger partial charge in [-0.3, -0.25) is 4.79 Å². The van der Waals surface area contributed by atoms with E-state index in [4.69, 9.17) is 4.42 Å². The van der Waals surface area contributed by atoms with Gasteiger partial charge in [-0.15, -0.1) is 0 Å². The number of carbonyl (C=O) groups is 1. The maximum absolute atomic E-state index is 12.4. The van der Waals surface area contributed by atoms with Gasteiger partial charge in [0.15, 0.2) is 0 Å². The molecule has 130 valence electrons. The van der Waals surface area contributed by atoms with Gasteiger partial charge in [0, 0.05) is 37.6 Å². The first-order valence-corrected chi connectivity index (χ1v) is 10.3. The van der Waals surface area contributed by atoms with Crippen molar-refractivity contribution < 1.29 is 17.6 Å². The van der Waals surface area contributed by atoms with E-state index in [1.807, 2.05) is 19.1 Å². The number of carbonyl (C=O) groups excluding carboxylic acids is 1. The van der Waals surface area contributed by atoms with Crippen LogP contribution in [0.2, 0.25) is 0 Å². The van der Waals surface area contributed by atoms with Crippen molar-refractivity contribution in [2.24, 2.45) is 5.92 Å². The van der Waals surface area contributed by atoms with Gasteiger partial charge < -0.3 is 9.32 Å². The van der Waals surface area contributed by atoms with E-state index in [0.29, 0.717) is 31.2 Å². The Bertz CT molecular complexity index is 649. The molecule has 5 nitrogen and oxygen atoms in total. The molecule has 0 bridgehead atoms. The van der Waals surface area contributed by atoms with E-state index in [9.17, 15) is 13.2 Å². The second kappa shape index (κ2) is 7.07. The van der Waals surface area contributed by atoms with E-state index in [0.717, 1.165) is 11.5 Å². The standard InChI is InChI=1S/C17H27NO4S/c1-5-18(13(3)11-23(4,20)21)17(19)9-7-14-6-8-16(22-14)15-10-12(15)2/h6,8,12-13,15H,5,7,9-11H2,1-4H3. The molecular formula is C17H27NO4S. The van der Waals surface area contributed by atoms with E-state index in [-0.39, 0.29) is 17.7 Å². The van der Waals surface area contributed by atoms with Crippen LogP contribution in [0, 0.1) is 5.92 Å². The highest BCUT2D eigenvalue weighted by Gasteiger charge is 2.36. The topological polar surface area (TPSA) is 67.6 Å². The van der Waals surface area contributed by atoms with Crippen LogP contribution >= 0.6 is 0 Å². The van der Waals surface area contributed by atoms with Gasteiger partial charge in [0.1, 0.15) is 21.4 Å². The number of aryl methyl sites for hydroxylation is 1. The van der Waals surface area contributed by atoms with Gasteiger partial charge in [0.05, 0.1) is 5.75 Å². The summed E-state index contributed by atoms with van der Waals surface area (Å²) in [5.41, 5.74) is 0. The molecule has 1 aromatic heterocycles. The Morgan fingerprint density at radius 2 is 2.09 bits per heavy atom. The molecule has 1 aromatic rings. The van der Waals surface area contributed by atoms with Crippen LogP contribution in [0.5, 0.6) is 0 Å². The van der Waals surface area contributed by atoms with Crippen LogP contribution in [0.25, 0.3) is 0 Å². The summed E-state index contributed by atoms with van der Waals surface area (Å²) in [6.07, 6.45) is 3.28. The fourth-order valence-corrected chi connectivity index (χ4v) is 4.14. The van der Waals surface area contributed by atoms with Crippen molar-refractivity contribution in [3.8, 4) is 0 Å². The third-order valence-electron chi connectivity index (χ3n) is 4.48. The summed E-state index contributed by atoms with van der Waals surface area (Å²) in [7, 11) is -3.10. The lowest BCUT2D eigenvalue weighted by Gasteiger charge is -2.27. The molecule has 1 amide bonds. The molecule has 0 spiro atoms. The molecule has 1 saturated carbocycles. The number of sulfone groups is 1. The Morgan fingerprint density at radius 3 is 2.61 bits per heavy atom. The number of furan rings is 1. The quantitative estimate of drug-likeness (QED) is 0.729. The van der Waals surface area contributed by atoms with Crippen LogP contribution in [0.3, 0.4) is 0 Å². The Balaban J connectivity index is 1.88.